The quantitative estimate of drug-likeness (QED) is 0.592. The van der Waals surface area contributed by atoms with Crippen molar-refractivity contribution in [2.75, 3.05) is 6.54 Å². The van der Waals surface area contributed by atoms with Crippen LogP contribution in [0.4, 0.5) is 4.39 Å². The van der Waals surface area contributed by atoms with Crippen molar-refractivity contribution in [1.82, 2.24) is 5.32 Å². The second-order valence-corrected chi connectivity index (χ2v) is 3.19. The Kier molecular flexibility index (Phi) is 3.87. The minimum atomic E-state index is -0.506. The number of terminal acetylenes is 1. The van der Waals surface area contributed by atoms with Crippen LogP contribution in [0.25, 0.3) is 0 Å². The zero-order valence-electron chi connectivity index (χ0n) is 8.51. The van der Waals surface area contributed by atoms with E-state index in [4.69, 9.17) is 6.42 Å². The van der Waals surface area contributed by atoms with Gasteiger partial charge in [-0.25, -0.2) is 4.39 Å². The van der Waals surface area contributed by atoms with Crippen LogP contribution < -0.4 is 5.32 Å². The van der Waals surface area contributed by atoms with Gasteiger partial charge in [0, 0.05) is 13.0 Å². The predicted octanol–water partition coefficient (Wildman–Crippen LogP) is 1.89. The van der Waals surface area contributed by atoms with E-state index in [-0.39, 0.29) is 5.56 Å². The molecular formula is C12H12FNO. The third kappa shape index (κ3) is 3.10. The number of halogens is 1. The monoisotopic (exact) mass is 205 g/mol. The summed E-state index contributed by atoms with van der Waals surface area (Å²) < 4.78 is 13.3. The van der Waals surface area contributed by atoms with Gasteiger partial charge in [-0.1, -0.05) is 6.07 Å². The zero-order valence-corrected chi connectivity index (χ0v) is 8.51. The highest BCUT2D eigenvalue weighted by atomic mass is 19.1. The van der Waals surface area contributed by atoms with Gasteiger partial charge in [0.05, 0.1) is 5.56 Å². The van der Waals surface area contributed by atoms with Crippen LogP contribution in [0.3, 0.4) is 0 Å². The van der Waals surface area contributed by atoms with Crippen LogP contribution in [0.15, 0.2) is 18.2 Å². The number of aryl methyl sites for hydroxylation is 1. The van der Waals surface area contributed by atoms with E-state index in [1.54, 1.807) is 13.0 Å². The van der Waals surface area contributed by atoms with Crippen molar-refractivity contribution in [2.24, 2.45) is 0 Å². The largest absolute Gasteiger partial charge is 0.351 e. The molecule has 0 fully saturated rings. The van der Waals surface area contributed by atoms with Gasteiger partial charge < -0.3 is 5.32 Å². The van der Waals surface area contributed by atoms with Crippen LogP contribution in [0, 0.1) is 25.1 Å². The molecule has 1 amide bonds. The minimum Gasteiger partial charge on any atom is -0.351 e. The van der Waals surface area contributed by atoms with Crippen molar-refractivity contribution in [1.29, 1.82) is 0 Å². The standard InChI is InChI=1S/C12H12FNO/c1-3-4-7-14-12(15)10-6-5-9(2)8-11(10)13/h1,5-6,8H,4,7H2,2H3,(H,14,15). The van der Waals surface area contributed by atoms with Crippen molar-refractivity contribution in [2.45, 2.75) is 13.3 Å². The highest BCUT2D eigenvalue weighted by Crippen LogP contribution is 2.09. The summed E-state index contributed by atoms with van der Waals surface area (Å²) in [6, 6.07) is 4.49. The fourth-order valence-corrected chi connectivity index (χ4v) is 1.15. The number of benzene rings is 1. The fraction of sp³-hybridized carbons (Fsp3) is 0.250. The topological polar surface area (TPSA) is 29.1 Å². The number of carbonyl (C=O) groups excluding carboxylic acids is 1. The molecule has 0 unspecified atom stereocenters. The summed E-state index contributed by atoms with van der Waals surface area (Å²) in [6.07, 6.45) is 5.47. The molecule has 1 rings (SSSR count). The first-order chi connectivity index (χ1) is 7.15. The number of nitrogens with one attached hydrogen (secondary N) is 1. The lowest BCUT2D eigenvalue weighted by molar-refractivity contribution is 0.0950. The first kappa shape index (κ1) is 11.3. The smallest absolute Gasteiger partial charge is 0.254 e. The van der Waals surface area contributed by atoms with Gasteiger partial charge in [0.2, 0.25) is 0 Å². The third-order valence-corrected chi connectivity index (χ3v) is 1.92. The first-order valence-electron chi connectivity index (χ1n) is 4.63. The molecule has 0 saturated heterocycles. The summed E-state index contributed by atoms with van der Waals surface area (Å²) in [4.78, 5) is 11.4. The van der Waals surface area contributed by atoms with Crippen molar-refractivity contribution in [3.8, 4) is 12.3 Å². The maximum absolute atomic E-state index is 13.3. The van der Waals surface area contributed by atoms with Gasteiger partial charge in [0.15, 0.2) is 0 Å². The summed E-state index contributed by atoms with van der Waals surface area (Å²) in [5.74, 6) is 1.46. The first-order valence-corrected chi connectivity index (χ1v) is 4.63. The summed E-state index contributed by atoms with van der Waals surface area (Å²) in [5.41, 5.74) is 0.838. The third-order valence-electron chi connectivity index (χ3n) is 1.92. The molecule has 0 aliphatic heterocycles. The Labute approximate surface area is 88.5 Å². The van der Waals surface area contributed by atoms with Crippen LogP contribution in [-0.4, -0.2) is 12.5 Å². The Morgan fingerprint density at radius 3 is 2.93 bits per heavy atom. The van der Waals surface area contributed by atoms with E-state index >= 15 is 0 Å². The maximum Gasteiger partial charge on any atom is 0.254 e. The molecule has 3 heteroatoms. The Morgan fingerprint density at radius 2 is 2.33 bits per heavy atom. The summed E-state index contributed by atoms with van der Waals surface area (Å²) >= 11 is 0. The Balaban J connectivity index is 2.70. The van der Waals surface area contributed by atoms with Gasteiger partial charge in [0.25, 0.3) is 5.91 Å². The van der Waals surface area contributed by atoms with E-state index in [1.807, 2.05) is 0 Å². The number of amides is 1. The Bertz CT molecular complexity index is 407. The number of hydrogen-bond donors (Lipinski definition) is 1. The molecule has 78 valence electrons. The lowest BCUT2D eigenvalue weighted by Crippen LogP contribution is -2.25. The molecule has 0 radical (unpaired) electrons. The normalized spacial score (nSPS) is 9.40. The van der Waals surface area contributed by atoms with E-state index in [9.17, 15) is 9.18 Å². The average molecular weight is 205 g/mol. The molecule has 1 N–H and O–H groups in total. The summed E-state index contributed by atoms with van der Waals surface area (Å²) in [5, 5.41) is 2.54. The highest BCUT2D eigenvalue weighted by Gasteiger charge is 2.10. The van der Waals surface area contributed by atoms with Gasteiger partial charge in [0.1, 0.15) is 5.82 Å². The summed E-state index contributed by atoms with van der Waals surface area (Å²) in [6.45, 7) is 2.13. The fourth-order valence-electron chi connectivity index (χ4n) is 1.15. The lowest BCUT2D eigenvalue weighted by Gasteiger charge is -2.04. The van der Waals surface area contributed by atoms with E-state index in [1.165, 1.54) is 12.1 Å². The van der Waals surface area contributed by atoms with Gasteiger partial charge in [-0.05, 0) is 24.6 Å². The van der Waals surface area contributed by atoms with E-state index in [0.29, 0.717) is 13.0 Å². The molecule has 0 aliphatic rings. The van der Waals surface area contributed by atoms with Gasteiger partial charge >= 0.3 is 0 Å². The van der Waals surface area contributed by atoms with Crippen molar-refractivity contribution < 1.29 is 9.18 Å². The molecule has 1 aromatic carbocycles. The van der Waals surface area contributed by atoms with Crippen LogP contribution >= 0.6 is 0 Å². The molecular weight excluding hydrogens is 193 g/mol. The molecule has 0 bridgehead atoms. The zero-order chi connectivity index (χ0) is 11.3. The van der Waals surface area contributed by atoms with Crippen LogP contribution in [-0.2, 0) is 0 Å². The molecule has 0 saturated carbocycles. The highest BCUT2D eigenvalue weighted by molar-refractivity contribution is 5.94. The van der Waals surface area contributed by atoms with Crippen LogP contribution in [0.5, 0.6) is 0 Å². The maximum atomic E-state index is 13.3. The molecule has 0 heterocycles. The summed E-state index contributed by atoms with van der Waals surface area (Å²) in [7, 11) is 0. The van der Waals surface area contributed by atoms with E-state index in [0.717, 1.165) is 5.56 Å². The number of hydrogen-bond acceptors (Lipinski definition) is 1. The molecule has 1 aromatic rings. The second kappa shape index (κ2) is 5.16. The minimum absolute atomic E-state index is 0.0534. The van der Waals surface area contributed by atoms with Gasteiger partial charge in [-0.2, -0.15) is 0 Å². The van der Waals surface area contributed by atoms with Crippen molar-refractivity contribution >= 4 is 5.91 Å². The predicted molar refractivity (Wildman–Crippen MR) is 56.9 cm³/mol. The molecule has 2 nitrogen and oxygen atoms in total. The Morgan fingerprint density at radius 1 is 1.60 bits per heavy atom. The SMILES string of the molecule is C#CCCNC(=O)c1ccc(C)cc1F. The molecule has 0 spiro atoms. The Hall–Kier alpha value is -1.82. The van der Waals surface area contributed by atoms with Gasteiger partial charge in [-0.15, -0.1) is 12.3 Å². The van der Waals surface area contributed by atoms with Crippen LogP contribution in [0.1, 0.15) is 22.3 Å². The molecule has 0 aliphatic carbocycles. The van der Waals surface area contributed by atoms with Crippen molar-refractivity contribution in [3.05, 3.63) is 35.1 Å². The van der Waals surface area contributed by atoms with E-state index in [2.05, 4.69) is 11.2 Å². The van der Waals surface area contributed by atoms with Crippen LogP contribution in [0.2, 0.25) is 0 Å². The second-order valence-electron chi connectivity index (χ2n) is 3.19. The van der Waals surface area contributed by atoms with Gasteiger partial charge in [-0.3, -0.25) is 4.79 Å². The molecule has 15 heavy (non-hydrogen) atoms. The average Bonchev–Trinajstić information content (AvgIpc) is 2.17. The van der Waals surface area contributed by atoms with Crippen molar-refractivity contribution in [3.63, 3.8) is 0 Å². The van der Waals surface area contributed by atoms with E-state index < -0.39 is 11.7 Å². The number of carbonyl (C=O) groups is 1. The molecule has 0 atom stereocenters. The number of rotatable bonds is 3. The molecule has 0 aromatic heterocycles. The lowest BCUT2D eigenvalue weighted by atomic mass is 10.1.